The van der Waals surface area contributed by atoms with Gasteiger partial charge in [0.15, 0.2) is 0 Å². The molecule has 0 aliphatic carbocycles. The first-order valence-corrected chi connectivity index (χ1v) is 5.42. The molecule has 0 heterocycles. The lowest BCUT2D eigenvalue weighted by atomic mass is 9.78. The molecule has 0 aliphatic heterocycles. The SMILES string of the molecule is C=CCCC(C=O)(C(=O)OC)c1ccccc1. The first-order chi connectivity index (χ1) is 8.21. The van der Waals surface area contributed by atoms with Gasteiger partial charge in [-0.15, -0.1) is 6.58 Å². The van der Waals surface area contributed by atoms with E-state index in [-0.39, 0.29) is 0 Å². The van der Waals surface area contributed by atoms with Crippen LogP contribution in [0.1, 0.15) is 18.4 Å². The number of benzene rings is 1. The fourth-order valence-electron chi connectivity index (χ4n) is 1.79. The van der Waals surface area contributed by atoms with E-state index < -0.39 is 11.4 Å². The molecule has 0 amide bonds. The summed E-state index contributed by atoms with van der Waals surface area (Å²) in [4.78, 5) is 23.3. The zero-order valence-electron chi connectivity index (χ0n) is 9.89. The van der Waals surface area contributed by atoms with Crippen molar-refractivity contribution in [2.45, 2.75) is 18.3 Å². The molecule has 0 saturated heterocycles. The van der Waals surface area contributed by atoms with Crippen LogP contribution in [0.5, 0.6) is 0 Å². The van der Waals surface area contributed by atoms with Gasteiger partial charge in [-0.05, 0) is 18.4 Å². The molecule has 1 aromatic carbocycles. The van der Waals surface area contributed by atoms with Crippen molar-refractivity contribution in [2.75, 3.05) is 7.11 Å². The van der Waals surface area contributed by atoms with Crippen LogP contribution in [-0.2, 0) is 19.7 Å². The Balaban J connectivity index is 3.20. The van der Waals surface area contributed by atoms with E-state index in [2.05, 4.69) is 6.58 Å². The summed E-state index contributed by atoms with van der Waals surface area (Å²) in [5, 5.41) is 0. The molecule has 17 heavy (non-hydrogen) atoms. The van der Waals surface area contributed by atoms with Crippen LogP contribution in [0.25, 0.3) is 0 Å². The van der Waals surface area contributed by atoms with Crippen molar-refractivity contribution >= 4 is 12.3 Å². The van der Waals surface area contributed by atoms with Crippen LogP contribution in [0, 0.1) is 0 Å². The van der Waals surface area contributed by atoms with Crippen LogP contribution >= 0.6 is 0 Å². The van der Waals surface area contributed by atoms with Crippen molar-refractivity contribution in [3.8, 4) is 0 Å². The first-order valence-electron chi connectivity index (χ1n) is 5.42. The van der Waals surface area contributed by atoms with Crippen molar-refractivity contribution in [3.05, 3.63) is 48.6 Å². The Morgan fingerprint density at radius 3 is 2.53 bits per heavy atom. The highest BCUT2D eigenvalue weighted by Crippen LogP contribution is 2.29. The average molecular weight is 232 g/mol. The number of carbonyl (C=O) groups excluding carboxylic acids is 2. The Morgan fingerprint density at radius 1 is 1.41 bits per heavy atom. The molecule has 0 aromatic heterocycles. The summed E-state index contributed by atoms with van der Waals surface area (Å²) in [6.07, 6.45) is 3.29. The van der Waals surface area contributed by atoms with Crippen LogP contribution < -0.4 is 0 Å². The smallest absolute Gasteiger partial charge is 0.323 e. The Kier molecular flexibility index (Phi) is 4.64. The van der Waals surface area contributed by atoms with Crippen molar-refractivity contribution < 1.29 is 14.3 Å². The predicted molar refractivity (Wildman–Crippen MR) is 65.6 cm³/mol. The quantitative estimate of drug-likeness (QED) is 0.327. The van der Waals surface area contributed by atoms with Crippen molar-refractivity contribution in [1.82, 2.24) is 0 Å². The molecular formula is C14H16O3. The van der Waals surface area contributed by atoms with Crippen LogP contribution in [0.4, 0.5) is 0 Å². The summed E-state index contributed by atoms with van der Waals surface area (Å²) >= 11 is 0. The zero-order chi connectivity index (χ0) is 12.7. The third kappa shape index (κ3) is 2.61. The topological polar surface area (TPSA) is 43.4 Å². The fraction of sp³-hybridized carbons (Fsp3) is 0.286. The van der Waals surface area contributed by atoms with Gasteiger partial charge in [-0.25, -0.2) is 0 Å². The Morgan fingerprint density at radius 2 is 2.06 bits per heavy atom. The molecule has 1 unspecified atom stereocenters. The van der Waals surface area contributed by atoms with Crippen molar-refractivity contribution in [3.63, 3.8) is 0 Å². The minimum Gasteiger partial charge on any atom is -0.468 e. The Hall–Kier alpha value is -1.90. The maximum Gasteiger partial charge on any atom is 0.323 e. The number of ether oxygens (including phenoxy) is 1. The van der Waals surface area contributed by atoms with Crippen molar-refractivity contribution in [1.29, 1.82) is 0 Å². The van der Waals surface area contributed by atoms with Gasteiger partial charge in [0.05, 0.1) is 7.11 Å². The number of aldehydes is 1. The van der Waals surface area contributed by atoms with Gasteiger partial charge >= 0.3 is 5.97 Å². The van der Waals surface area contributed by atoms with E-state index in [9.17, 15) is 9.59 Å². The van der Waals surface area contributed by atoms with Gasteiger partial charge in [0.1, 0.15) is 11.7 Å². The largest absolute Gasteiger partial charge is 0.468 e. The summed E-state index contributed by atoms with van der Waals surface area (Å²) < 4.78 is 4.75. The second-order valence-corrected chi connectivity index (χ2v) is 3.77. The third-order valence-electron chi connectivity index (χ3n) is 2.78. The van der Waals surface area contributed by atoms with Crippen LogP contribution in [0.2, 0.25) is 0 Å². The van der Waals surface area contributed by atoms with Crippen LogP contribution in [0.3, 0.4) is 0 Å². The molecule has 3 nitrogen and oxygen atoms in total. The third-order valence-corrected chi connectivity index (χ3v) is 2.78. The van der Waals surface area contributed by atoms with Gasteiger partial charge < -0.3 is 9.53 Å². The highest BCUT2D eigenvalue weighted by molar-refractivity contribution is 5.99. The van der Waals surface area contributed by atoms with E-state index in [0.29, 0.717) is 24.7 Å². The Labute approximate surface area is 101 Å². The first kappa shape index (κ1) is 13.2. The molecule has 0 radical (unpaired) electrons. The lowest BCUT2D eigenvalue weighted by Crippen LogP contribution is -2.38. The second kappa shape index (κ2) is 5.99. The van der Waals surface area contributed by atoms with Gasteiger partial charge in [0, 0.05) is 0 Å². The molecule has 0 saturated carbocycles. The standard InChI is InChI=1S/C14H16O3/c1-3-4-10-14(11-15,13(16)17-2)12-8-6-5-7-9-12/h3,5-9,11H,1,4,10H2,2H3. The number of carbonyl (C=O) groups is 2. The molecule has 1 atom stereocenters. The predicted octanol–water partition coefficient (Wildman–Crippen LogP) is 2.26. The zero-order valence-corrected chi connectivity index (χ0v) is 9.89. The normalized spacial score (nSPS) is 13.5. The van der Waals surface area contributed by atoms with E-state index in [4.69, 9.17) is 4.74 Å². The molecule has 1 aromatic rings. The van der Waals surface area contributed by atoms with Crippen molar-refractivity contribution in [2.24, 2.45) is 0 Å². The number of methoxy groups -OCH3 is 1. The molecule has 3 heteroatoms. The lowest BCUT2D eigenvalue weighted by molar-refractivity contribution is -0.149. The average Bonchev–Trinajstić information content (AvgIpc) is 2.41. The van der Waals surface area contributed by atoms with Gasteiger partial charge in [-0.3, -0.25) is 4.79 Å². The molecule has 90 valence electrons. The molecule has 0 bridgehead atoms. The summed E-state index contributed by atoms with van der Waals surface area (Å²) in [6.45, 7) is 3.61. The van der Waals surface area contributed by atoms with Crippen LogP contribution in [-0.4, -0.2) is 19.4 Å². The number of rotatable bonds is 6. The number of allylic oxidation sites excluding steroid dienone is 1. The second-order valence-electron chi connectivity index (χ2n) is 3.77. The maximum atomic E-state index is 11.9. The van der Waals surface area contributed by atoms with Gasteiger partial charge in [-0.2, -0.15) is 0 Å². The van der Waals surface area contributed by atoms with E-state index in [1.165, 1.54) is 7.11 Å². The van der Waals surface area contributed by atoms with Crippen LogP contribution in [0.15, 0.2) is 43.0 Å². The molecule has 0 aliphatic rings. The van der Waals surface area contributed by atoms with E-state index >= 15 is 0 Å². The summed E-state index contributed by atoms with van der Waals surface area (Å²) in [7, 11) is 1.29. The monoisotopic (exact) mass is 232 g/mol. The summed E-state index contributed by atoms with van der Waals surface area (Å²) in [6, 6.07) is 8.95. The lowest BCUT2D eigenvalue weighted by Gasteiger charge is -2.25. The minimum atomic E-state index is -1.22. The van der Waals surface area contributed by atoms with Gasteiger partial charge in [0.25, 0.3) is 0 Å². The minimum absolute atomic E-state index is 0.372. The molecule has 1 rings (SSSR count). The number of hydrogen-bond acceptors (Lipinski definition) is 3. The van der Waals surface area contributed by atoms with E-state index in [1.54, 1.807) is 30.3 Å². The van der Waals surface area contributed by atoms with Gasteiger partial charge in [-0.1, -0.05) is 36.4 Å². The number of esters is 1. The maximum absolute atomic E-state index is 11.9. The highest BCUT2D eigenvalue weighted by Gasteiger charge is 2.40. The highest BCUT2D eigenvalue weighted by atomic mass is 16.5. The summed E-state index contributed by atoms with van der Waals surface area (Å²) in [5.74, 6) is -0.527. The van der Waals surface area contributed by atoms with E-state index in [0.717, 1.165) is 0 Å². The van der Waals surface area contributed by atoms with E-state index in [1.807, 2.05) is 6.07 Å². The molecule has 0 fully saturated rings. The molecular weight excluding hydrogens is 216 g/mol. The fourth-order valence-corrected chi connectivity index (χ4v) is 1.79. The number of hydrogen-bond donors (Lipinski definition) is 0. The molecule has 0 spiro atoms. The molecule has 0 N–H and O–H groups in total. The summed E-state index contributed by atoms with van der Waals surface area (Å²) in [5.41, 5.74) is -0.562. The Bertz CT molecular complexity index is 397. The van der Waals surface area contributed by atoms with Gasteiger partial charge in [0.2, 0.25) is 0 Å².